The smallest absolute Gasteiger partial charge is 0.313 e. The zero-order valence-corrected chi connectivity index (χ0v) is 11.2. The Bertz CT molecular complexity index is 249. The fourth-order valence-electron chi connectivity index (χ4n) is 1.50. The van der Waals surface area contributed by atoms with Crippen LogP contribution in [0.4, 0.5) is 0 Å². The lowest BCUT2D eigenvalue weighted by Crippen LogP contribution is -2.45. The summed E-state index contributed by atoms with van der Waals surface area (Å²) in [4.78, 5) is 11.9. The van der Waals surface area contributed by atoms with Gasteiger partial charge in [0, 0.05) is 12.6 Å². The van der Waals surface area contributed by atoms with Crippen LogP contribution in [0.3, 0.4) is 0 Å². The lowest BCUT2D eigenvalue weighted by Gasteiger charge is -2.33. The van der Waals surface area contributed by atoms with E-state index in [9.17, 15) is 4.79 Å². The zero-order chi connectivity index (χ0) is 12.4. The normalized spacial score (nSPS) is 18.1. The highest BCUT2D eigenvalue weighted by atomic mass is 16.6. The number of hydrogen-bond donors (Lipinski definition) is 1. The molecule has 3 heteroatoms. The maximum atomic E-state index is 11.9. The van der Waals surface area contributed by atoms with E-state index in [1.54, 1.807) is 0 Å². The highest BCUT2D eigenvalue weighted by Gasteiger charge is 2.33. The number of carbonyl (C=O) groups is 1. The van der Waals surface area contributed by atoms with Crippen LogP contribution >= 0.6 is 0 Å². The van der Waals surface area contributed by atoms with Crippen LogP contribution < -0.4 is 5.32 Å². The van der Waals surface area contributed by atoms with E-state index < -0.39 is 11.0 Å². The summed E-state index contributed by atoms with van der Waals surface area (Å²) in [5, 5.41) is 3.43. The van der Waals surface area contributed by atoms with Crippen molar-refractivity contribution in [2.45, 2.75) is 65.5 Å². The van der Waals surface area contributed by atoms with E-state index in [-0.39, 0.29) is 5.97 Å². The molecule has 1 saturated carbocycles. The molecule has 1 aliphatic carbocycles. The molecule has 0 aliphatic heterocycles. The lowest BCUT2D eigenvalue weighted by molar-refractivity contribution is -0.165. The van der Waals surface area contributed by atoms with E-state index in [2.05, 4.69) is 5.32 Å². The van der Waals surface area contributed by atoms with E-state index in [4.69, 9.17) is 4.74 Å². The molecule has 0 saturated heterocycles. The van der Waals surface area contributed by atoms with E-state index in [1.807, 2.05) is 34.6 Å². The number of ether oxygens (including phenoxy) is 1. The summed E-state index contributed by atoms with van der Waals surface area (Å²) in [7, 11) is 0. The third-order valence-corrected chi connectivity index (χ3v) is 2.89. The minimum absolute atomic E-state index is 0.119. The second-order valence-electron chi connectivity index (χ2n) is 6.39. The molecule has 0 spiro atoms. The molecule has 94 valence electrons. The van der Waals surface area contributed by atoms with Crippen LogP contribution in [0.5, 0.6) is 0 Å². The minimum Gasteiger partial charge on any atom is -0.460 e. The maximum absolute atomic E-state index is 11.9. The summed E-state index contributed by atoms with van der Waals surface area (Å²) in [6, 6.07) is 0.613. The molecule has 1 fully saturated rings. The van der Waals surface area contributed by atoms with Crippen LogP contribution in [0.25, 0.3) is 0 Å². The molecular weight excluding hydrogens is 202 g/mol. The topological polar surface area (TPSA) is 38.3 Å². The average Bonchev–Trinajstić information content (AvgIpc) is 1.97. The summed E-state index contributed by atoms with van der Waals surface area (Å²) in [6.45, 7) is 10.3. The predicted octanol–water partition coefficient (Wildman–Crippen LogP) is 2.50. The Morgan fingerprint density at radius 3 is 2.19 bits per heavy atom. The molecule has 16 heavy (non-hydrogen) atoms. The number of nitrogens with one attached hydrogen (secondary N) is 1. The number of carbonyl (C=O) groups excluding carboxylic acids is 1. The lowest BCUT2D eigenvalue weighted by atomic mass is 9.89. The SMILES string of the molecule is CC(C)(C)OC(=O)C(C)(C)CNC1CCC1. The molecule has 0 radical (unpaired) electrons. The molecule has 0 heterocycles. The van der Waals surface area contributed by atoms with E-state index >= 15 is 0 Å². The fourth-order valence-corrected chi connectivity index (χ4v) is 1.50. The molecule has 1 aliphatic rings. The van der Waals surface area contributed by atoms with Gasteiger partial charge in [0.2, 0.25) is 0 Å². The van der Waals surface area contributed by atoms with Crippen molar-refractivity contribution in [2.75, 3.05) is 6.54 Å². The van der Waals surface area contributed by atoms with Crippen LogP contribution in [-0.2, 0) is 9.53 Å². The van der Waals surface area contributed by atoms with E-state index in [0.717, 1.165) is 0 Å². The second-order valence-corrected chi connectivity index (χ2v) is 6.39. The van der Waals surface area contributed by atoms with Gasteiger partial charge in [-0.05, 0) is 47.5 Å². The van der Waals surface area contributed by atoms with Gasteiger partial charge in [0.05, 0.1) is 5.41 Å². The van der Waals surface area contributed by atoms with Gasteiger partial charge in [0.15, 0.2) is 0 Å². The van der Waals surface area contributed by atoms with Crippen LogP contribution in [0.15, 0.2) is 0 Å². The molecule has 0 unspecified atom stereocenters. The van der Waals surface area contributed by atoms with Crippen LogP contribution in [0.2, 0.25) is 0 Å². The Labute approximate surface area is 98.9 Å². The Hall–Kier alpha value is -0.570. The Morgan fingerprint density at radius 2 is 1.81 bits per heavy atom. The van der Waals surface area contributed by atoms with Gasteiger partial charge < -0.3 is 10.1 Å². The predicted molar refractivity (Wildman–Crippen MR) is 65.3 cm³/mol. The first-order valence-electron chi connectivity index (χ1n) is 6.17. The van der Waals surface area contributed by atoms with Crippen LogP contribution in [-0.4, -0.2) is 24.2 Å². The molecule has 0 aromatic rings. The Balaban J connectivity index is 2.38. The molecule has 0 amide bonds. The van der Waals surface area contributed by atoms with Crippen LogP contribution in [0, 0.1) is 5.41 Å². The third kappa shape index (κ3) is 4.12. The molecule has 0 aromatic carbocycles. The maximum Gasteiger partial charge on any atom is 0.313 e. The van der Waals surface area contributed by atoms with Crippen molar-refractivity contribution in [1.82, 2.24) is 5.32 Å². The number of rotatable bonds is 4. The summed E-state index contributed by atoms with van der Waals surface area (Å²) >= 11 is 0. The van der Waals surface area contributed by atoms with Crippen molar-refractivity contribution >= 4 is 5.97 Å². The average molecular weight is 227 g/mol. The molecule has 1 N–H and O–H groups in total. The van der Waals surface area contributed by atoms with Gasteiger partial charge in [-0.25, -0.2) is 0 Å². The summed E-state index contributed by atoms with van der Waals surface area (Å²) in [5.41, 5.74) is -0.840. The van der Waals surface area contributed by atoms with E-state index in [1.165, 1.54) is 19.3 Å². The van der Waals surface area contributed by atoms with Crippen molar-refractivity contribution in [1.29, 1.82) is 0 Å². The van der Waals surface area contributed by atoms with Crippen LogP contribution in [0.1, 0.15) is 53.9 Å². The quantitative estimate of drug-likeness (QED) is 0.750. The highest BCUT2D eigenvalue weighted by Crippen LogP contribution is 2.23. The number of hydrogen-bond acceptors (Lipinski definition) is 3. The van der Waals surface area contributed by atoms with Crippen molar-refractivity contribution < 1.29 is 9.53 Å². The van der Waals surface area contributed by atoms with Crippen molar-refractivity contribution in [3.8, 4) is 0 Å². The van der Waals surface area contributed by atoms with Gasteiger partial charge in [0.25, 0.3) is 0 Å². The van der Waals surface area contributed by atoms with Gasteiger partial charge in [-0.1, -0.05) is 6.42 Å². The highest BCUT2D eigenvalue weighted by molar-refractivity contribution is 5.76. The fraction of sp³-hybridized carbons (Fsp3) is 0.923. The first kappa shape index (κ1) is 13.5. The van der Waals surface area contributed by atoms with Gasteiger partial charge in [-0.15, -0.1) is 0 Å². The third-order valence-electron chi connectivity index (χ3n) is 2.89. The zero-order valence-electron chi connectivity index (χ0n) is 11.2. The van der Waals surface area contributed by atoms with Crippen molar-refractivity contribution in [2.24, 2.45) is 5.41 Å². The summed E-state index contributed by atoms with van der Waals surface area (Å²) in [6.07, 6.45) is 3.79. The van der Waals surface area contributed by atoms with Gasteiger partial charge in [-0.3, -0.25) is 4.79 Å². The molecule has 1 rings (SSSR count). The standard InChI is InChI=1S/C13H25NO2/c1-12(2,3)16-11(15)13(4,5)9-14-10-7-6-8-10/h10,14H,6-9H2,1-5H3. The largest absolute Gasteiger partial charge is 0.460 e. The van der Waals surface area contributed by atoms with Gasteiger partial charge in [0.1, 0.15) is 5.60 Å². The first-order valence-corrected chi connectivity index (χ1v) is 6.17. The van der Waals surface area contributed by atoms with Crippen molar-refractivity contribution in [3.63, 3.8) is 0 Å². The van der Waals surface area contributed by atoms with E-state index in [0.29, 0.717) is 12.6 Å². The van der Waals surface area contributed by atoms with Crippen molar-refractivity contribution in [3.05, 3.63) is 0 Å². The molecular formula is C13H25NO2. The Kier molecular flexibility index (Phi) is 4.00. The Morgan fingerprint density at radius 1 is 1.25 bits per heavy atom. The monoisotopic (exact) mass is 227 g/mol. The summed E-state index contributed by atoms with van der Waals surface area (Å²) in [5.74, 6) is -0.119. The van der Waals surface area contributed by atoms with Gasteiger partial charge in [-0.2, -0.15) is 0 Å². The molecule has 0 aromatic heterocycles. The number of esters is 1. The first-order chi connectivity index (χ1) is 7.21. The molecule has 0 atom stereocenters. The second kappa shape index (κ2) is 4.74. The molecule has 3 nitrogen and oxygen atoms in total. The van der Waals surface area contributed by atoms with Gasteiger partial charge >= 0.3 is 5.97 Å². The minimum atomic E-state index is -0.442. The summed E-state index contributed by atoms with van der Waals surface area (Å²) < 4.78 is 5.41. The molecule has 0 bridgehead atoms.